The summed E-state index contributed by atoms with van der Waals surface area (Å²) in [5.41, 5.74) is 0. The molecule has 0 bridgehead atoms. The van der Waals surface area contributed by atoms with Crippen LogP contribution in [0.15, 0.2) is 0 Å². The van der Waals surface area contributed by atoms with Crippen LogP contribution in [-0.4, -0.2) is 84.5 Å². The Bertz CT molecular complexity index is 339. The SMILES string of the molecule is CSCCN1CCN(C(=O)C(C)N(C)C2CCCCC2)CC1. The highest BCUT2D eigenvalue weighted by Crippen LogP contribution is 2.23. The molecule has 0 aromatic carbocycles. The van der Waals surface area contributed by atoms with Gasteiger partial charge in [-0.05, 0) is 33.1 Å². The van der Waals surface area contributed by atoms with Crippen molar-refractivity contribution in [3.8, 4) is 0 Å². The molecule has 1 unspecified atom stereocenters. The number of carbonyl (C=O) groups is 1. The van der Waals surface area contributed by atoms with Gasteiger partial charge in [-0.25, -0.2) is 0 Å². The van der Waals surface area contributed by atoms with Crippen LogP contribution in [-0.2, 0) is 4.79 Å². The number of hydrogen-bond acceptors (Lipinski definition) is 4. The second kappa shape index (κ2) is 9.14. The van der Waals surface area contributed by atoms with Gasteiger partial charge in [-0.2, -0.15) is 11.8 Å². The molecule has 1 aliphatic heterocycles. The first-order valence-electron chi connectivity index (χ1n) is 8.85. The van der Waals surface area contributed by atoms with Gasteiger partial charge in [0.1, 0.15) is 0 Å². The Morgan fingerprint density at radius 1 is 1.18 bits per heavy atom. The van der Waals surface area contributed by atoms with Crippen LogP contribution >= 0.6 is 11.8 Å². The molecule has 1 amide bonds. The maximum Gasteiger partial charge on any atom is 0.239 e. The second-order valence-electron chi connectivity index (χ2n) is 6.79. The molecule has 2 rings (SSSR count). The number of rotatable bonds is 6. The summed E-state index contributed by atoms with van der Waals surface area (Å²) in [7, 11) is 2.15. The van der Waals surface area contributed by atoms with Gasteiger partial charge in [-0.1, -0.05) is 19.3 Å². The zero-order valence-corrected chi connectivity index (χ0v) is 15.4. The molecular formula is C17H33N3OS. The predicted molar refractivity (Wildman–Crippen MR) is 95.5 cm³/mol. The van der Waals surface area contributed by atoms with E-state index in [0.717, 1.165) is 32.7 Å². The molecule has 1 atom stereocenters. The Kier molecular flexibility index (Phi) is 7.51. The highest BCUT2D eigenvalue weighted by atomic mass is 32.2. The van der Waals surface area contributed by atoms with E-state index >= 15 is 0 Å². The highest BCUT2D eigenvalue weighted by Gasteiger charge is 2.30. The Morgan fingerprint density at radius 2 is 1.82 bits per heavy atom. The van der Waals surface area contributed by atoms with Crippen molar-refractivity contribution in [1.29, 1.82) is 0 Å². The van der Waals surface area contributed by atoms with Gasteiger partial charge in [0.15, 0.2) is 0 Å². The fourth-order valence-electron chi connectivity index (χ4n) is 3.66. The van der Waals surface area contributed by atoms with Crippen LogP contribution in [0.3, 0.4) is 0 Å². The summed E-state index contributed by atoms with van der Waals surface area (Å²) < 4.78 is 0. The Hall–Kier alpha value is -0.260. The third-order valence-electron chi connectivity index (χ3n) is 5.41. The molecule has 22 heavy (non-hydrogen) atoms. The average Bonchev–Trinajstić information content (AvgIpc) is 2.59. The predicted octanol–water partition coefficient (Wildman–Crippen LogP) is 2.15. The molecular weight excluding hydrogens is 294 g/mol. The van der Waals surface area contributed by atoms with E-state index in [1.54, 1.807) is 0 Å². The van der Waals surface area contributed by atoms with E-state index in [1.165, 1.54) is 37.9 Å². The van der Waals surface area contributed by atoms with Gasteiger partial charge in [0.25, 0.3) is 0 Å². The zero-order chi connectivity index (χ0) is 15.9. The molecule has 0 aromatic rings. The molecule has 128 valence electrons. The number of hydrogen-bond donors (Lipinski definition) is 0. The minimum absolute atomic E-state index is 0.0286. The number of nitrogens with zero attached hydrogens (tertiary/aromatic N) is 3. The van der Waals surface area contributed by atoms with Gasteiger partial charge < -0.3 is 4.90 Å². The number of thioether (sulfide) groups is 1. The van der Waals surface area contributed by atoms with E-state index in [0.29, 0.717) is 11.9 Å². The van der Waals surface area contributed by atoms with Crippen molar-refractivity contribution in [2.24, 2.45) is 0 Å². The summed E-state index contributed by atoms with van der Waals surface area (Å²) in [5, 5.41) is 0. The maximum atomic E-state index is 12.8. The molecule has 0 spiro atoms. The molecule has 4 nitrogen and oxygen atoms in total. The smallest absolute Gasteiger partial charge is 0.239 e. The third-order valence-corrected chi connectivity index (χ3v) is 6.01. The van der Waals surface area contributed by atoms with Crippen molar-refractivity contribution in [3.05, 3.63) is 0 Å². The Morgan fingerprint density at radius 3 is 2.41 bits per heavy atom. The largest absolute Gasteiger partial charge is 0.339 e. The fraction of sp³-hybridized carbons (Fsp3) is 0.941. The topological polar surface area (TPSA) is 26.8 Å². The molecule has 1 saturated carbocycles. The van der Waals surface area contributed by atoms with Crippen molar-refractivity contribution in [2.45, 2.75) is 51.1 Å². The van der Waals surface area contributed by atoms with Gasteiger partial charge in [0.2, 0.25) is 5.91 Å². The molecule has 0 radical (unpaired) electrons. The standard InChI is InChI=1S/C17H33N3OS/c1-15(18(2)16-7-5-4-6-8-16)17(21)20-11-9-19(10-12-20)13-14-22-3/h15-16H,4-14H2,1-3H3. The number of likely N-dealkylation sites (N-methyl/N-ethyl adjacent to an activating group) is 1. The van der Waals surface area contributed by atoms with Crippen LogP contribution in [0.2, 0.25) is 0 Å². The van der Waals surface area contributed by atoms with Crippen LogP contribution < -0.4 is 0 Å². The zero-order valence-electron chi connectivity index (χ0n) is 14.6. The highest BCUT2D eigenvalue weighted by molar-refractivity contribution is 7.98. The van der Waals surface area contributed by atoms with Crippen molar-refractivity contribution < 1.29 is 4.79 Å². The van der Waals surface area contributed by atoms with Gasteiger partial charge in [-0.15, -0.1) is 0 Å². The summed E-state index contributed by atoms with van der Waals surface area (Å²) >= 11 is 1.90. The molecule has 1 aliphatic carbocycles. The van der Waals surface area contributed by atoms with Crippen molar-refractivity contribution in [1.82, 2.24) is 14.7 Å². The van der Waals surface area contributed by atoms with E-state index in [-0.39, 0.29) is 6.04 Å². The summed E-state index contributed by atoms with van der Waals surface area (Å²) in [6.45, 7) is 7.11. The number of carbonyl (C=O) groups excluding carboxylic acids is 1. The van der Waals surface area contributed by atoms with Crippen LogP contribution in [0.5, 0.6) is 0 Å². The molecule has 1 heterocycles. The second-order valence-corrected chi connectivity index (χ2v) is 7.78. The summed E-state index contributed by atoms with van der Waals surface area (Å²) in [6.07, 6.45) is 8.69. The van der Waals surface area contributed by atoms with Crippen LogP contribution in [0.25, 0.3) is 0 Å². The first-order valence-corrected chi connectivity index (χ1v) is 10.2. The van der Waals surface area contributed by atoms with Gasteiger partial charge in [0.05, 0.1) is 6.04 Å². The normalized spacial score (nSPS) is 23.0. The van der Waals surface area contributed by atoms with E-state index in [2.05, 4.69) is 34.9 Å². The summed E-state index contributed by atoms with van der Waals surface area (Å²) in [5.74, 6) is 1.52. The summed E-state index contributed by atoms with van der Waals surface area (Å²) in [6, 6.07) is 0.636. The summed E-state index contributed by atoms with van der Waals surface area (Å²) in [4.78, 5) is 19.7. The first kappa shape index (κ1) is 18.1. The molecule has 2 aliphatic rings. The van der Waals surface area contributed by atoms with Gasteiger partial charge >= 0.3 is 0 Å². The quantitative estimate of drug-likeness (QED) is 0.747. The van der Waals surface area contributed by atoms with Gasteiger partial charge in [-0.3, -0.25) is 14.6 Å². The lowest BCUT2D eigenvalue weighted by Gasteiger charge is -2.40. The molecule has 0 N–H and O–H groups in total. The monoisotopic (exact) mass is 327 g/mol. The maximum absolute atomic E-state index is 12.8. The Labute approximate surface area is 140 Å². The Balaban J connectivity index is 1.78. The third kappa shape index (κ3) is 4.87. The number of amides is 1. The molecule has 5 heteroatoms. The van der Waals surface area contributed by atoms with Crippen LogP contribution in [0, 0.1) is 0 Å². The lowest BCUT2D eigenvalue weighted by molar-refractivity contribution is -0.138. The van der Waals surface area contributed by atoms with Crippen molar-refractivity contribution in [3.63, 3.8) is 0 Å². The van der Waals surface area contributed by atoms with Crippen molar-refractivity contribution in [2.75, 3.05) is 51.8 Å². The molecule has 1 saturated heterocycles. The van der Waals surface area contributed by atoms with Crippen LogP contribution in [0.1, 0.15) is 39.0 Å². The van der Waals surface area contributed by atoms with E-state index in [9.17, 15) is 4.79 Å². The van der Waals surface area contributed by atoms with Crippen molar-refractivity contribution >= 4 is 17.7 Å². The van der Waals surface area contributed by atoms with Gasteiger partial charge in [0, 0.05) is 44.5 Å². The fourth-order valence-corrected chi connectivity index (χ4v) is 4.10. The minimum atomic E-state index is 0.0286. The minimum Gasteiger partial charge on any atom is -0.339 e. The van der Waals surface area contributed by atoms with E-state index in [4.69, 9.17) is 0 Å². The van der Waals surface area contributed by atoms with E-state index in [1.807, 2.05) is 11.8 Å². The lowest BCUT2D eigenvalue weighted by atomic mass is 9.93. The number of piperazine rings is 1. The molecule has 2 fully saturated rings. The molecule has 0 aromatic heterocycles. The first-order chi connectivity index (χ1) is 10.6. The van der Waals surface area contributed by atoms with E-state index < -0.39 is 0 Å². The van der Waals surface area contributed by atoms with Crippen LogP contribution in [0.4, 0.5) is 0 Å². The average molecular weight is 328 g/mol. The lowest BCUT2D eigenvalue weighted by Crippen LogP contribution is -2.55.